The van der Waals surface area contributed by atoms with Crippen LogP contribution in [0.25, 0.3) is 0 Å². The number of nitrogens with one attached hydrogen (secondary N) is 3. The Balaban J connectivity index is 1.49. The van der Waals surface area contributed by atoms with Crippen molar-refractivity contribution in [1.82, 2.24) is 5.32 Å². The Morgan fingerprint density at radius 2 is 1.45 bits per heavy atom. The highest BCUT2D eigenvalue weighted by Gasteiger charge is 2.09. The van der Waals surface area contributed by atoms with Crippen molar-refractivity contribution in [3.05, 3.63) is 90.0 Å². The van der Waals surface area contributed by atoms with Gasteiger partial charge in [-0.2, -0.15) is 0 Å². The van der Waals surface area contributed by atoms with E-state index in [9.17, 15) is 9.59 Å². The van der Waals surface area contributed by atoms with Crippen molar-refractivity contribution in [2.45, 2.75) is 13.3 Å². The second kappa shape index (κ2) is 10.9. The molecule has 0 saturated heterocycles. The largest absolute Gasteiger partial charge is 0.494 e. The van der Waals surface area contributed by atoms with Gasteiger partial charge in [-0.3, -0.25) is 14.9 Å². The van der Waals surface area contributed by atoms with Crippen molar-refractivity contribution >= 4 is 40.5 Å². The minimum Gasteiger partial charge on any atom is -0.494 e. The number of carbonyl (C=O) groups excluding carboxylic acids is 2. The highest BCUT2D eigenvalue weighted by molar-refractivity contribution is 7.80. The first-order valence-electron chi connectivity index (χ1n) is 9.82. The first-order chi connectivity index (χ1) is 15.0. The Labute approximate surface area is 186 Å². The van der Waals surface area contributed by atoms with Crippen LogP contribution in [0.2, 0.25) is 0 Å². The van der Waals surface area contributed by atoms with Gasteiger partial charge in [0.25, 0.3) is 5.91 Å². The number of rotatable bonds is 7. The molecule has 0 fully saturated rings. The van der Waals surface area contributed by atoms with Crippen LogP contribution in [0.15, 0.2) is 78.9 Å². The third kappa shape index (κ3) is 6.94. The highest BCUT2D eigenvalue weighted by Crippen LogP contribution is 2.15. The van der Waals surface area contributed by atoms with Gasteiger partial charge in [-0.25, -0.2) is 0 Å². The number of carbonyl (C=O) groups is 2. The predicted octanol–water partition coefficient (Wildman–Crippen LogP) is 4.39. The first kappa shape index (κ1) is 22.0. The standard InChI is InChI=1S/C24H23N3O3S/c1-2-30-21-14-8-18(9-15-21)23(29)27-24(31)26-20-12-10-19(11-13-20)25-22(28)16-17-6-4-3-5-7-17/h3-15H,2,16H2,1H3,(H,25,28)(H2,26,27,29,31). The van der Waals surface area contributed by atoms with Gasteiger partial charge in [0.1, 0.15) is 5.75 Å². The molecule has 3 aromatic carbocycles. The van der Waals surface area contributed by atoms with Gasteiger partial charge in [0.05, 0.1) is 13.0 Å². The van der Waals surface area contributed by atoms with Crippen LogP contribution >= 0.6 is 12.2 Å². The van der Waals surface area contributed by atoms with E-state index < -0.39 is 0 Å². The van der Waals surface area contributed by atoms with Gasteiger partial charge in [0.2, 0.25) is 5.91 Å². The molecule has 2 amide bonds. The van der Waals surface area contributed by atoms with Gasteiger partial charge >= 0.3 is 0 Å². The molecule has 0 heterocycles. The van der Waals surface area contributed by atoms with Crippen molar-refractivity contribution in [3.8, 4) is 5.75 Å². The maximum Gasteiger partial charge on any atom is 0.257 e. The molecule has 3 rings (SSSR count). The van der Waals surface area contributed by atoms with Gasteiger partial charge < -0.3 is 15.4 Å². The number of ether oxygens (including phenoxy) is 1. The van der Waals surface area contributed by atoms with Crippen molar-refractivity contribution < 1.29 is 14.3 Å². The molecule has 0 radical (unpaired) electrons. The van der Waals surface area contributed by atoms with Gasteiger partial charge in [-0.15, -0.1) is 0 Å². The fourth-order valence-corrected chi connectivity index (χ4v) is 3.04. The fraction of sp³-hybridized carbons (Fsp3) is 0.125. The molecule has 3 N–H and O–H groups in total. The van der Waals surface area contributed by atoms with Crippen LogP contribution in [0.4, 0.5) is 11.4 Å². The van der Waals surface area contributed by atoms with E-state index in [0.717, 1.165) is 5.56 Å². The molecule has 158 valence electrons. The minimum absolute atomic E-state index is 0.0925. The second-order valence-corrected chi connectivity index (χ2v) is 7.06. The maximum absolute atomic E-state index is 12.3. The van der Waals surface area contributed by atoms with Crippen LogP contribution in [-0.4, -0.2) is 23.5 Å². The van der Waals surface area contributed by atoms with Crippen molar-refractivity contribution in [1.29, 1.82) is 0 Å². The summed E-state index contributed by atoms with van der Waals surface area (Å²) in [5.74, 6) is 0.297. The van der Waals surface area contributed by atoms with E-state index in [0.29, 0.717) is 35.7 Å². The molecule has 31 heavy (non-hydrogen) atoms. The first-order valence-corrected chi connectivity index (χ1v) is 10.2. The smallest absolute Gasteiger partial charge is 0.257 e. The zero-order valence-electron chi connectivity index (χ0n) is 17.1. The molecule has 0 spiro atoms. The monoisotopic (exact) mass is 433 g/mol. The summed E-state index contributed by atoms with van der Waals surface area (Å²) in [6.07, 6.45) is 0.308. The number of benzene rings is 3. The summed E-state index contributed by atoms with van der Waals surface area (Å²) in [6.45, 7) is 2.46. The summed E-state index contributed by atoms with van der Waals surface area (Å²) in [5.41, 5.74) is 2.80. The molecular formula is C24H23N3O3S. The lowest BCUT2D eigenvalue weighted by Crippen LogP contribution is -2.34. The fourth-order valence-electron chi connectivity index (χ4n) is 2.83. The van der Waals surface area contributed by atoms with E-state index in [-0.39, 0.29) is 16.9 Å². The molecule has 7 heteroatoms. The van der Waals surface area contributed by atoms with Crippen molar-refractivity contribution in [2.75, 3.05) is 17.2 Å². The number of amides is 2. The molecule has 0 aromatic heterocycles. The van der Waals surface area contributed by atoms with E-state index in [1.54, 1.807) is 48.5 Å². The van der Waals surface area contributed by atoms with Crippen LogP contribution in [0.1, 0.15) is 22.8 Å². The molecule has 0 aliphatic heterocycles. The molecule has 3 aromatic rings. The van der Waals surface area contributed by atoms with Crippen molar-refractivity contribution in [3.63, 3.8) is 0 Å². The number of thiocarbonyl (C=S) groups is 1. The molecule has 0 saturated carbocycles. The van der Waals surface area contributed by atoms with Gasteiger partial charge in [0, 0.05) is 16.9 Å². The molecular weight excluding hydrogens is 410 g/mol. The van der Waals surface area contributed by atoms with Gasteiger partial charge in [0.15, 0.2) is 5.11 Å². The lowest BCUT2D eigenvalue weighted by Gasteiger charge is -2.11. The van der Waals surface area contributed by atoms with Crippen LogP contribution in [0, 0.1) is 0 Å². The number of hydrogen-bond donors (Lipinski definition) is 3. The van der Waals surface area contributed by atoms with Crippen LogP contribution in [0.5, 0.6) is 5.75 Å². The second-order valence-electron chi connectivity index (χ2n) is 6.65. The Kier molecular flexibility index (Phi) is 7.73. The van der Waals surface area contributed by atoms with E-state index in [4.69, 9.17) is 17.0 Å². The molecule has 0 bridgehead atoms. The summed E-state index contributed by atoms with van der Waals surface area (Å²) in [5, 5.41) is 8.64. The Morgan fingerprint density at radius 3 is 2.06 bits per heavy atom. The SMILES string of the molecule is CCOc1ccc(C(=O)NC(=S)Nc2ccc(NC(=O)Cc3ccccc3)cc2)cc1. The summed E-state index contributed by atoms with van der Waals surface area (Å²) in [6, 6.07) is 23.4. The predicted molar refractivity (Wildman–Crippen MR) is 127 cm³/mol. The Morgan fingerprint density at radius 1 is 0.839 bits per heavy atom. The normalized spacial score (nSPS) is 10.1. The Hall–Kier alpha value is -3.71. The van der Waals surface area contributed by atoms with E-state index >= 15 is 0 Å². The van der Waals surface area contributed by atoms with Crippen LogP contribution in [-0.2, 0) is 11.2 Å². The van der Waals surface area contributed by atoms with Gasteiger partial charge in [-0.05, 0) is 73.2 Å². The summed E-state index contributed by atoms with van der Waals surface area (Å²) < 4.78 is 5.37. The van der Waals surface area contributed by atoms with Crippen LogP contribution < -0.4 is 20.7 Å². The quantitative estimate of drug-likeness (QED) is 0.482. The number of anilines is 2. The van der Waals surface area contributed by atoms with E-state index in [1.807, 2.05) is 37.3 Å². The Bertz CT molecular complexity index is 1040. The average Bonchev–Trinajstić information content (AvgIpc) is 2.76. The molecule has 0 unspecified atom stereocenters. The lowest BCUT2D eigenvalue weighted by atomic mass is 10.1. The molecule has 0 atom stereocenters. The third-order valence-electron chi connectivity index (χ3n) is 4.29. The minimum atomic E-state index is -0.314. The van der Waals surface area contributed by atoms with Crippen LogP contribution in [0.3, 0.4) is 0 Å². The summed E-state index contributed by atoms with van der Waals surface area (Å²) in [7, 11) is 0. The van der Waals surface area contributed by atoms with E-state index in [1.165, 1.54) is 0 Å². The van der Waals surface area contributed by atoms with Gasteiger partial charge in [-0.1, -0.05) is 30.3 Å². The van der Waals surface area contributed by atoms with Crippen molar-refractivity contribution in [2.24, 2.45) is 0 Å². The molecule has 0 aliphatic carbocycles. The molecule has 6 nitrogen and oxygen atoms in total. The van der Waals surface area contributed by atoms with E-state index in [2.05, 4.69) is 16.0 Å². The highest BCUT2D eigenvalue weighted by atomic mass is 32.1. The zero-order valence-corrected chi connectivity index (χ0v) is 17.9. The summed E-state index contributed by atoms with van der Waals surface area (Å²) >= 11 is 5.22. The maximum atomic E-state index is 12.3. The zero-order chi connectivity index (χ0) is 22.1. The average molecular weight is 434 g/mol. The molecule has 0 aliphatic rings. The summed E-state index contributed by atoms with van der Waals surface area (Å²) in [4.78, 5) is 24.5. The number of hydrogen-bond acceptors (Lipinski definition) is 4. The topological polar surface area (TPSA) is 79.5 Å². The third-order valence-corrected chi connectivity index (χ3v) is 4.49. The lowest BCUT2D eigenvalue weighted by molar-refractivity contribution is -0.115.